The fourth-order valence-corrected chi connectivity index (χ4v) is 13.1. The second kappa shape index (κ2) is 65.4. The number of hydrogen-bond donors (Lipinski definition) is 3. The van der Waals surface area contributed by atoms with Gasteiger partial charge in [0.25, 0.3) is 0 Å². The number of hydrogen-bond acceptors (Lipinski definition) is 15. The fourth-order valence-electron chi connectivity index (χ4n) is 11.5. The molecule has 0 fully saturated rings. The van der Waals surface area contributed by atoms with Gasteiger partial charge in [-0.2, -0.15) is 0 Å². The van der Waals surface area contributed by atoms with Gasteiger partial charge in [0, 0.05) is 25.7 Å². The molecule has 0 saturated heterocycles. The van der Waals surface area contributed by atoms with Crippen LogP contribution < -0.4 is 0 Å². The van der Waals surface area contributed by atoms with E-state index < -0.39 is 97.5 Å². The minimum atomic E-state index is -4.96. The highest BCUT2D eigenvalue weighted by molar-refractivity contribution is 7.47. The molecule has 0 aliphatic heterocycles. The van der Waals surface area contributed by atoms with E-state index in [0.717, 1.165) is 120 Å². The van der Waals surface area contributed by atoms with Crippen LogP contribution in [0.3, 0.4) is 0 Å². The number of aliphatic hydroxyl groups excluding tert-OH is 1. The van der Waals surface area contributed by atoms with Gasteiger partial charge in [-0.3, -0.25) is 37.3 Å². The SMILES string of the molecule is CCC(C)CCCCCCCCC(=O)OC[C@H](COP(=O)(O)OC[C@H](O)COP(=O)(O)OC[C@@H](COC(=O)CCCCCCCCCCCCCCCCC(C)C)OC(=O)CCCCCCCCCCCCCCCCCC(C)C)OC(=O)CCCCCCCCC(C)CC. The molecule has 4 unspecified atom stereocenters. The van der Waals surface area contributed by atoms with Crippen molar-refractivity contribution < 1.29 is 80.2 Å². The highest BCUT2D eigenvalue weighted by Crippen LogP contribution is 2.45. The number of phosphoric acid groups is 2. The Balaban J connectivity index is 5.23. The van der Waals surface area contributed by atoms with Gasteiger partial charge in [-0.25, -0.2) is 9.13 Å². The summed E-state index contributed by atoms with van der Waals surface area (Å²) in [6, 6.07) is 0. The number of rotatable bonds is 73. The topological polar surface area (TPSA) is 237 Å². The number of ether oxygens (including phenoxy) is 4. The Morgan fingerprint density at radius 2 is 0.505 bits per heavy atom. The number of unbranched alkanes of at least 4 members (excludes halogenated alkanes) is 37. The summed E-state index contributed by atoms with van der Waals surface area (Å²) in [5.74, 6) is 0.928. The molecule has 0 aromatic heterocycles. The molecule has 564 valence electrons. The van der Waals surface area contributed by atoms with E-state index in [0.29, 0.717) is 25.7 Å². The van der Waals surface area contributed by atoms with Crippen LogP contribution in [0.5, 0.6) is 0 Å². The Morgan fingerprint density at radius 3 is 0.747 bits per heavy atom. The van der Waals surface area contributed by atoms with E-state index in [4.69, 9.17) is 37.0 Å². The van der Waals surface area contributed by atoms with Gasteiger partial charge in [0.1, 0.15) is 19.3 Å². The van der Waals surface area contributed by atoms with Gasteiger partial charge in [-0.15, -0.1) is 0 Å². The Morgan fingerprint density at radius 1 is 0.295 bits per heavy atom. The van der Waals surface area contributed by atoms with E-state index in [9.17, 15) is 43.2 Å². The average molecular weight is 1400 g/mol. The van der Waals surface area contributed by atoms with Crippen LogP contribution in [0, 0.1) is 23.7 Å². The van der Waals surface area contributed by atoms with E-state index >= 15 is 0 Å². The highest BCUT2D eigenvalue weighted by atomic mass is 31.2. The van der Waals surface area contributed by atoms with E-state index in [1.807, 2.05) is 0 Å². The van der Waals surface area contributed by atoms with E-state index in [1.165, 1.54) is 180 Å². The molecule has 0 heterocycles. The maximum atomic E-state index is 13.1. The lowest BCUT2D eigenvalue weighted by molar-refractivity contribution is -0.161. The minimum Gasteiger partial charge on any atom is -0.462 e. The van der Waals surface area contributed by atoms with Crippen molar-refractivity contribution in [1.29, 1.82) is 0 Å². The van der Waals surface area contributed by atoms with Crippen molar-refractivity contribution in [2.75, 3.05) is 39.6 Å². The van der Waals surface area contributed by atoms with Crippen LogP contribution >= 0.6 is 15.6 Å². The Labute approximate surface area is 581 Å². The summed E-state index contributed by atoms with van der Waals surface area (Å²) in [5.41, 5.74) is 0. The zero-order valence-electron chi connectivity index (χ0n) is 62.3. The van der Waals surface area contributed by atoms with E-state index in [2.05, 4.69) is 55.4 Å². The molecule has 0 aromatic rings. The second-order valence-corrected chi connectivity index (χ2v) is 31.7. The molecule has 0 aliphatic rings. The normalized spacial score (nSPS) is 14.7. The van der Waals surface area contributed by atoms with E-state index in [1.54, 1.807) is 0 Å². The third-order valence-electron chi connectivity index (χ3n) is 18.3. The van der Waals surface area contributed by atoms with Crippen LogP contribution in [0.1, 0.15) is 383 Å². The molecule has 7 atom stereocenters. The summed E-state index contributed by atoms with van der Waals surface area (Å²) in [6.45, 7) is 14.2. The zero-order chi connectivity index (χ0) is 70.3. The van der Waals surface area contributed by atoms with E-state index in [-0.39, 0.29) is 25.7 Å². The standard InChI is InChI=1S/C76H148O17P2/c1-9-68(7)54-46-38-32-34-41-49-57-74(79)87-63-72(93-76(81)59-51-43-35-33-39-47-55-69(8)10-2)65-91-95(84,85)89-61-70(77)60-88-94(82,83)90-64-71(62-86-73(78)56-48-40-30-26-22-18-15-14-17-21-25-29-37-45-53-67(5)6)92-75(80)58-50-42-31-27-23-19-13-11-12-16-20-24-28-36-44-52-66(3)4/h66-72,77H,9-65H2,1-8H3,(H,82,83)(H,84,85)/t68?,69?,70-,71-,72-/m1/s1. The molecule has 0 amide bonds. The van der Waals surface area contributed by atoms with Gasteiger partial charge >= 0.3 is 39.5 Å². The number of carbonyl (C=O) groups excluding carboxylic acids is 4. The molecule has 3 N–H and O–H groups in total. The van der Waals surface area contributed by atoms with Gasteiger partial charge in [0.15, 0.2) is 12.2 Å². The molecule has 95 heavy (non-hydrogen) atoms. The van der Waals surface area contributed by atoms with Gasteiger partial charge in [-0.05, 0) is 49.4 Å². The molecule has 17 nitrogen and oxygen atoms in total. The molecule has 19 heteroatoms. The minimum absolute atomic E-state index is 0.102. The predicted molar refractivity (Wildman–Crippen MR) is 386 cm³/mol. The summed E-state index contributed by atoms with van der Waals surface area (Å²) >= 11 is 0. The molecule has 0 saturated carbocycles. The number of carbonyl (C=O) groups is 4. The lowest BCUT2D eigenvalue weighted by Crippen LogP contribution is -2.30. The molecule has 0 radical (unpaired) electrons. The smallest absolute Gasteiger partial charge is 0.462 e. The van der Waals surface area contributed by atoms with Crippen molar-refractivity contribution in [3.8, 4) is 0 Å². The van der Waals surface area contributed by atoms with Crippen molar-refractivity contribution in [2.45, 2.75) is 401 Å². The van der Waals surface area contributed by atoms with Crippen molar-refractivity contribution >= 4 is 39.5 Å². The van der Waals surface area contributed by atoms with Gasteiger partial charge in [-0.1, -0.05) is 331 Å². The maximum Gasteiger partial charge on any atom is 0.472 e. The van der Waals surface area contributed by atoms with Crippen molar-refractivity contribution in [3.63, 3.8) is 0 Å². The van der Waals surface area contributed by atoms with Gasteiger partial charge < -0.3 is 33.8 Å². The molecule has 0 rings (SSSR count). The zero-order valence-corrected chi connectivity index (χ0v) is 64.1. The number of phosphoric ester groups is 2. The maximum absolute atomic E-state index is 13.1. The first kappa shape index (κ1) is 93.1. The molecular weight excluding hydrogens is 1250 g/mol. The van der Waals surface area contributed by atoms with Crippen LogP contribution in [-0.4, -0.2) is 96.7 Å². The summed E-state index contributed by atoms with van der Waals surface area (Å²) in [4.78, 5) is 72.8. The van der Waals surface area contributed by atoms with Crippen LogP contribution in [0.15, 0.2) is 0 Å². The van der Waals surface area contributed by atoms with Crippen molar-refractivity contribution in [1.82, 2.24) is 0 Å². The largest absolute Gasteiger partial charge is 0.472 e. The summed E-state index contributed by atoms with van der Waals surface area (Å²) < 4.78 is 68.5. The van der Waals surface area contributed by atoms with Crippen molar-refractivity contribution in [3.05, 3.63) is 0 Å². The number of aliphatic hydroxyl groups is 1. The fraction of sp³-hybridized carbons (Fsp3) is 0.947. The van der Waals surface area contributed by atoms with Crippen LogP contribution in [0.2, 0.25) is 0 Å². The Hall–Kier alpha value is -1.94. The average Bonchev–Trinajstić information content (AvgIpc) is 2.23. The molecule has 0 aromatic carbocycles. The number of esters is 4. The first-order valence-corrected chi connectivity index (χ1v) is 42.3. The summed E-state index contributed by atoms with van der Waals surface area (Å²) in [7, 11) is -9.91. The third-order valence-corrected chi connectivity index (χ3v) is 20.2. The van der Waals surface area contributed by atoms with Gasteiger partial charge in [0.05, 0.1) is 26.4 Å². The predicted octanol–water partition coefficient (Wildman–Crippen LogP) is 22.0. The first-order valence-electron chi connectivity index (χ1n) is 39.3. The first-order chi connectivity index (χ1) is 45.7. The lowest BCUT2D eigenvalue weighted by atomic mass is 10.00. The quantitative estimate of drug-likeness (QED) is 0.0222. The third kappa shape index (κ3) is 67.6. The summed E-state index contributed by atoms with van der Waals surface area (Å²) in [5, 5.41) is 10.6. The molecule has 0 bridgehead atoms. The van der Waals surface area contributed by atoms with Crippen LogP contribution in [0.4, 0.5) is 0 Å². The molecule has 0 aliphatic carbocycles. The monoisotopic (exact) mass is 1400 g/mol. The Kier molecular flexibility index (Phi) is 64.0. The highest BCUT2D eigenvalue weighted by Gasteiger charge is 2.30. The molecule has 0 spiro atoms. The van der Waals surface area contributed by atoms with Gasteiger partial charge in [0.2, 0.25) is 0 Å². The van der Waals surface area contributed by atoms with Crippen LogP contribution in [-0.2, 0) is 65.4 Å². The Bertz CT molecular complexity index is 1870. The van der Waals surface area contributed by atoms with Crippen molar-refractivity contribution in [2.24, 2.45) is 23.7 Å². The summed E-state index contributed by atoms with van der Waals surface area (Å²) in [6.07, 6.45) is 50.1. The van der Waals surface area contributed by atoms with Crippen LogP contribution in [0.25, 0.3) is 0 Å². The second-order valence-electron chi connectivity index (χ2n) is 28.8. The molecular formula is C76H148O17P2. The lowest BCUT2D eigenvalue weighted by Gasteiger charge is -2.21.